The van der Waals surface area contributed by atoms with E-state index in [2.05, 4.69) is 41.8 Å². The molecule has 2 amide bonds. The van der Waals surface area contributed by atoms with Crippen molar-refractivity contribution in [2.75, 3.05) is 55.6 Å². The Morgan fingerprint density at radius 2 is 1.60 bits per heavy atom. The fourth-order valence-corrected chi connectivity index (χ4v) is 5.79. The molecule has 2 aromatic carbocycles. The molecule has 3 saturated heterocycles. The summed E-state index contributed by atoms with van der Waals surface area (Å²) in [6.45, 7) is 10.6. The van der Waals surface area contributed by atoms with Crippen LogP contribution < -0.4 is 9.80 Å². The minimum Gasteiger partial charge on any atom is -0.368 e. The van der Waals surface area contributed by atoms with E-state index in [4.69, 9.17) is 0 Å². The number of hydrogen-bond acceptors (Lipinski definition) is 4. The van der Waals surface area contributed by atoms with E-state index in [0.29, 0.717) is 12.0 Å². The Morgan fingerprint density at radius 3 is 2.26 bits per heavy atom. The predicted molar refractivity (Wildman–Crippen MR) is 144 cm³/mol. The maximum Gasteiger partial charge on any atom is 0.253 e. The van der Waals surface area contributed by atoms with Gasteiger partial charge in [0.15, 0.2) is 0 Å². The Balaban J connectivity index is 0.00000289. The first-order valence-corrected chi connectivity index (χ1v) is 12.8. The van der Waals surface area contributed by atoms with E-state index in [9.17, 15) is 9.59 Å². The van der Waals surface area contributed by atoms with Crippen LogP contribution in [0.25, 0.3) is 0 Å². The van der Waals surface area contributed by atoms with Crippen LogP contribution in [0.4, 0.5) is 11.4 Å². The van der Waals surface area contributed by atoms with Gasteiger partial charge in [-0.2, -0.15) is 0 Å². The maximum absolute atomic E-state index is 13.2. The molecule has 0 N–H and O–H groups in total. The van der Waals surface area contributed by atoms with E-state index >= 15 is 0 Å². The fourth-order valence-electron chi connectivity index (χ4n) is 5.79. The normalized spacial score (nSPS) is 20.9. The molecule has 1 atom stereocenters. The van der Waals surface area contributed by atoms with Crippen molar-refractivity contribution in [3.05, 3.63) is 59.2 Å². The number of anilines is 2. The van der Waals surface area contributed by atoms with Crippen LogP contribution in [0.2, 0.25) is 0 Å². The molecule has 3 fully saturated rings. The van der Waals surface area contributed by atoms with E-state index in [-0.39, 0.29) is 30.3 Å². The molecule has 0 saturated carbocycles. The summed E-state index contributed by atoms with van der Waals surface area (Å²) in [6, 6.07) is 14.5. The van der Waals surface area contributed by atoms with Gasteiger partial charge in [0.05, 0.1) is 6.04 Å². The van der Waals surface area contributed by atoms with Crippen LogP contribution in [0.1, 0.15) is 47.2 Å². The number of nitrogens with zero attached hydrogens (tertiary/aromatic N) is 4. The zero-order valence-corrected chi connectivity index (χ0v) is 21.7. The monoisotopic (exact) mass is 496 g/mol. The summed E-state index contributed by atoms with van der Waals surface area (Å²) in [4.78, 5) is 34.6. The van der Waals surface area contributed by atoms with Gasteiger partial charge in [0.2, 0.25) is 5.91 Å². The van der Waals surface area contributed by atoms with Gasteiger partial charge in [0.25, 0.3) is 5.91 Å². The van der Waals surface area contributed by atoms with Crippen molar-refractivity contribution in [1.82, 2.24) is 9.80 Å². The Labute approximate surface area is 215 Å². The van der Waals surface area contributed by atoms with Crippen LogP contribution in [0, 0.1) is 13.8 Å². The summed E-state index contributed by atoms with van der Waals surface area (Å²) in [5, 5.41) is 0. The van der Waals surface area contributed by atoms with Crippen molar-refractivity contribution in [3.8, 4) is 0 Å². The Hall–Kier alpha value is -2.57. The van der Waals surface area contributed by atoms with Crippen LogP contribution in [-0.2, 0) is 4.79 Å². The molecule has 0 aromatic heterocycles. The lowest BCUT2D eigenvalue weighted by molar-refractivity contribution is -0.117. The van der Waals surface area contributed by atoms with Gasteiger partial charge in [0.1, 0.15) is 0 Å². The third kappa shape index (κ3) is 5.49. The van der Waals surface area contributed by atoms with E-state index in [0.717, 1.165) is 57.9 Å². The lowest BCUT2D eigenvalue weighted by Crippen LogP contribution is -2.49. The summed E-state index contributed by atoms with van der Waals surface area (Å²) >= 11 is 0. The van der Waals surface area contributed by atoms with Crippen LogP contribution >= 0.6 is 12.4 Å². The summed E-state index contributed by atoms with van der Waals surface area (Å²) in [6.07, 6.45) is 4.05. The number of halogens is 1. The number of carbonyl (C=O) groups is 2. The van der Waals surface area contributed by atoms with Crippen molar-refractivity contribution < 1.29 is 9.59 Å². The lowest BCUT2D eigenvalue weighted by atomic mass is 10.1. The molecule has 2 aromatic rings. The van der Waals surface area contributed by atoms with Crippen LogP contribution in [0.5, 0.6) is 0 Å². The molecule has 188 valence electrons. The Kier molecular flexibility index (Phi) is 8.02. The zero-order valence-electron chi connectivity index (χ0n) is 20.9. The van der Waals surface area contributed by atoms with Crippen LogP contribution in [0.3, 0.4) is 0 Å². The topological polar surface area (TPSA) is 47.1 Å². The highest BCUT2D eigenvalue weighted by Gasteiger charge is 2.34. The SMILES string of the molecule is Cc1ccc(N2CCN(C(=O)c3ccc(N4C(=O)CCC4CN4CCCC4)cc3)CC2)c(C)c1.Cl. The quantitative estimate of drug-likeness (QED) is 0.620. The molecule has 35 heavy (non-hydrogen) atoms. The zero-order chi connectivity index (χ0) is 23.7. The van der Waals surface area contributed by atoms with Crippen molar-refractivity contribution in [1.29, 1.82) is 0 Å². The minimum absolute atomic E-state index is 0. The molecule has 0 bridgehead atoms. The number of piperazine rings is 1. The number of aryl methyl sites for hydroxylation is 2. The molecule has 0 radical (unpaired) electrons. The third-order valence-electron chi connectivity index (χ3n) is 7.65. The highest BCUT2D eigenvalue weighted by Crippen LogP contribution is 2.29. The average molecular weight is 497 g/mol. The van der Waals surface area contributed by atoms with Gasteiger partial charge in [-0.25, -0.2) is 0 Å². The molecule has 1 unspecified atom stereocenters. The smallest absolute Gasteiger partial charge is 0.253 e. The first kappa shape index (κ1) is 25.5. The molecule has 3 aliphatic rings. The van der Waals surface area contributed by atoms with Crippen molar-refractivity contribution in [2.24, 2.45) is 0 Å². The molecular weight excluding hydrogens is 460 g/mol. The fraction of sp³-hybridized carbons (Fsp3) is 0.500. The number of rotatable bonds is 5. The molecule has 6 nitrogen and oxygen atoms in total. The summed E-state index contributed by atoms with van der Waals surface area (Å²) in [5.74, 6) is 0.277. The molecule has 7 heteroatoms. The van der Waals surface area contributed by atoms with Crippen molar-refractivity contribution >= 4 is 35.6 Å². The summed E-state index contributed by atoms with van der Waals surface area (Å²) in [5.41, 5.74) is 5.45. The van der Waals surface area contributed by atoms with Gasteiger partial charge < -0.3 is 19.6 Å². The second kappa shape index (κ2) is 11.0. The van der Waals surface area contributed by atoms with Gasteiger partial charge in [-0.05, 0) is 82.1 Å². The number of benzene rings is 2. The predicted octanol–water partition coefficient (Wildman–Crippen LogP) is 4.28. The highest BCUT2D eigenvalue weighted by molar-refractivity contribution is 5.98. The van der Waals surface area contributed by atoms with Gasteiger partial charge in [0, 0.05) is 56.1 Å². The van der Waals surface area contributed by atoms with E-state index < -0.39 is 0 Å². The van der Waals surface area contributed by atoms with Gasteiger partial charge in [-0.1, -0.05) is 17.7 Å². The number of hydrogen-bond donors (Lipinski definition) is 0. The van der Waals surface area contributed by atoms with E-state index in [1.165, 1.54) is 29.7 Å². The number of carbonyl (C=O) groups excluding carboxylic acids is 2. The van der Waals surface area contributed by atoms with Gasteiger partial charge in [-0.3, -0.25) is 9.59 Å². The van der Waals surface area contributed by atoms with E-state index in [1.807, 2.05) is 34.1 Å². The minimum atomic E-state index is 0. The lowest BCUT2D eigenvalue weighted by Gasteiger charge is -2.37. The first-order chi connectivity index (χ1) is 16.5. The summed E-state index contributed by atoms with van der Waals surface area (Å²) < 4.78 is 0. The third-order valence-corrected chi connectivity index (χ3v) is 7.65. The second-order valence-electron chi connectivity index (χ2n) is 10.1. The van der Waals surface area contributed by atoms with Crippen molar-refractivity contribution in [3.63, 3.8) is 0 Å². The molecular formula is C28H37ClN4O2. The van der Waals surface area contributed by atoms with Gasteiger partial charge >= 0.3 is 0 Å². The standard InChI is InChI=1S/C28H36N4O2.ClH/c1-21-5-11-26(22(2)19-21)30-15-17-31(18-16-30)28(34)23-6-8-24(9-7-23)32-25(10-12-27(32)33)20-29-13-3-4-14-29;/h5-9,11,19,25H,3-4,10,12-18,20H2,1-2H3;1H. The average Bonchev–Trinajstić information content (AvgIpc) is 3.49. The highest BCUT2D eigenvalue weighted by atomic mass is 35.5. The first-order valence-electron chi connectivity index (χ1n) is 12.8. The number of likely N-dealkylation sites (tertiary alicyclic amines) is 1. The molecule has 3 heterocycles. The second-order valence-corrected chi connectivity index (χ2v) is 10.1. The maximum atomic E-state index is 13.2. The molecule has 5 rings (SSSR count). The van der Waals surface area contributed by atoms with E-state index in [1.54, 1.807) is 0 Å². The largest absolute Gasteiger partial charge is 0.368 e. The van der Waals surface area contributed by atoms with Gasteiger partial charge in [-0.15, -0.1) is 12.4 Å². The van der Waals surface area contributed by atoms with Crippen LogP contribution in [0.15, 0.2) is 42.5 Å². The molecule has 0 spiro atoms. The summed E-state index contributed by atoms with van der Waals surface area (Å²) in [7, 11) is 0. The van der Waals surface area contributed by atoms with Crippen molar-refractivity contribution in [2.45, 2.75) is 45.6 Å². The Bertz CT molecular complexity index is 1040. The molecule has 3 aliphatic heterocycles. The van der Waals surface area contributed by atoms with Crippen LogP contribution in [-0.4, -0.2) is 73.5 Å². The Morgan fingerprint density at radius 1 is 0.914 bits per heavy atom. The number of amides is 2. The molecule has 0 aliphatic carbocycles.